The van der Waals surface area contributed by atoms with Crippen LogP contribution in [0.15, 0.2) is 24.3 Å². The molecule has 0 saturated carbocycles. The lowest BCUT2D eigenvalue weighted by Crippen LogP contribution is -2.28. The molecule has 1 aliphatic rings. The van der Waals surface area contributed by atoms with Gasteiger partial charge < -0.3 is 10.6 Å². The lowest BCUT2D eigenvalue weighted by atomic mass is 10.0. The maximum absolute atomic E-state index is 11.8. The van der Waals surface area contributed by atoms with Crippen molar-refractivity contribution in [2.75, 3.05) is 19.6 Å². The molecule has 0 aliphatic carbocycles. The maximum Gasteiger partial charge on any atom is 0.224 e. The highest BCUT2D eigenvalue weighted by atomic mass is 16.1. The molecule has 1 aromatic rings. The molecule has 0 spiro atoms. The first-order chi connectivity index (χ1) is 8.75. The normalized spacial score (nSPS) is 18.8. The number of aryl methyl sites for hydroxylation is 1. The number of nitrogens with one attached hydrogen (secondary N) is 2. The molecule has 3 heteroatoms. The van der Waals surface area contributed by atoms with E-state index < -0.39 is 0 Å². The molecule has 2 N–H and O–H groups in total. The second-order valence-corrected chi connectivity index (χ2v) is 5.10. The molecule has 0 unspecified atom stereocenters. The average Bonchev–Trinajstić information content (AvgIpc) is 2.85. The van der Waals surface area contributed by atoms with Crippen molar-refractivity contribution >= 4 is 5.91 Å². The van der Waals surface area contributed by atoms with Gasteiger partial charge in [-0.1, -0.05) is 24.3 Å². The predicted molar refractivity (Wildman–Crippen MR) is 73.5 cm³/mol. The lowest BCUT2D eigenvalue weighted by molar-refractivity contribution is -0.120. The molecule has 1 amide bonds. The van der Waals surface area contributed by atoms with E-state index in [9.17, 15) is 4.79 Å². The second kappa shape index (κ2) is 6.55. The predicted octanol–water partition coefficient (Wildman–Crippen LogP) is 1.65. The fraction of sp³-hybridized carbons (Fsp3) is 0.533. The average molecular weight is 246 g/mol. The zero-order valence-corrected chi connectivity index (χ0v) is 11.0. The molecule has 18 heavy (non-hydrogen) atoms. The summed E-state index contributed by atoms with van der Waals surface area (Å²) in [5, 5.41) is 6.36. The number of amides is 1. The molecule has 98 valence electrons. The maximum atomic E-state index is 11.8. The second-order valence-electron chi connectivity index (χ2n) is 5.10. The van der Waals surface area contributed by atoms with Crippen LogP contribution in [0.25, 0.3) is 0 Å². The molecule has 0 aromatic heterocycles. The third kappa shape index (κ3) is 3.84. The smallest absolute Gasteiger partial charge is 0.224 e. The van der Waals surface area contributed by atoms with Gasteiger partial charge in [-0.15, -0.1) is 0 Å². The minimum atomic E-state index is 0.134. The number of rotatable bonds is 5. The molecule has 1 heterocycles. The van der Waals surface area contributed by atoms with Gasteiger partial charge in [-0.3, -0.25) is 4.79 Å². The third-order valence-electron chi connectivity index (χ3n) is 3.65. The minimum Gasteiger partial charge on any atom is -0.356 e. The van der Waals surface area contributed by atoms with Crippen LogP contribution in [0.3, 0.4) is 0 Å². The first kappa shape index (κ1) is 13.1. The first-order valence-electron chi connectivity index (χ1n) is 6.77. The Morgan fingerprint density at radius 2 is 2.28 bits per heavy atom. The largest absolute Gasteiger partial charge is 0.356 e. The summed E-state index contributed by atoms with van der Waals surface area (Å²) in [5.74, 6) is 0.874. The summed E-state index contributed by atoms with van der Waals surface area (Å²) in [7, 11) is 0. The van der Waals surface area contributed by atoms with Gasteiger partial charge in [0, 0.05) is 6.54 Å². The van der Waals surface area contributed by atoms with E-state index in [1.54, 1.807) is 0 Å². The van der Waals surface area contributed by atoms with Gasteiger partial charge in [0.1, 0.15) is 0 Å². The molecule has 0 bridgehead atoms. The van der Waals surface area contributed by atoms with Gasteiger partial charge in [0.05, 0.1) is 6.42 Å². The monoisotopic (exact) mass is 246 g/mol. The number of hydrogen-bond acceptors (Lipinski definition) is 2. The Balaban J connectivity index is 1.70. The Morgan fingerprint density at radius 1 is 1.44 bits per heavy atom. The van der Waals surface area contributed by atoms with E-state index in [0.29, 0.717) is 6.42 Å². The number of carbonyl (C=O) groups is 1. The molecular formula is C15H22N2O. The van der Waals surface area contributed by atoms with Gasteiger partial charge in [0.15, 0.2) is 0 Å². The van der Waals surface area contributed by atoms with Gasteiger partial charge in [-0.2, -0.15) is 0 Å². The van der Waals surface area contributed by atoms with Crippen molar-refractivity contribution in [3.8, 4) is 0 Å². The standard InChI is InChI=1S/C15H22N2O/c1-12-4-2-3-5-14(12)10-15(18)17-9-7-13-6-8-16-11-13/h2-5,13,16H,6-11H2,1H3,(H,17,18)/t13-/m1/s1. The molecule has 1 atom stereocenters. The zero-order chi connectivity index (χ0) is 12.8. The number of carbonyl (C=O) groups excluding carboxylic acids is 1. The van der Waals surface area contributed by atoms with Crippen LogP contribution in [0.2, 0.25) is 0 Å². The van der Waals surface area contributed by atoms with Crippen LogP contribution < -0.4 is 10.6 Å². The number of hydrogen-bond donors (Lipinski definition) is 2. The summed E-state index contributed by atoms with van der Waals surface area (Å²) in [6.45, 7) is 5.08. The topological polar surface area (TPSA) is 41.1 Å². The zero-order valence-electron chi connectivity index (χ0n) is 11.0. The molecule has 2 rings (SSSR count). The quantitative estimate of drug-likeness (QED) is 0.829. The van der Waals surface area contributed by atoms with E-state index in [1.165, 1.54) is 12.0 Å². The highest BCUT2D eigenvalue weighted by Gasteiger charge is 2.14. The van der Waals surface area contributed by atoms with Crippen molar-refractivity contribution in [3.05, 3.63) is 35.4 Å². The van der Waals surface area contributed by atoms with Gasteiger partial charge in [0.2, 0.25) is 5.91 Å². The number of benzene rings is 1. The minimum absolute atomic E-state index is 0.134. The van der Waals surface area contributed by atoms with Crippen LogP contribution in [-0.2, 0) is 11.2 Å². The third-order valence-corrected chi connectivity index (χ3v) is 3.65. The van der Waals surface area contributed by atoms with Crippen LogP contribution in [0.1, 0.15) is 24.0 Å². The highest BCUT2D eigenvalue weighted by Crippen LogP contribution is 2.11. The fourth-order valence-electron chi connectivity index (χ4n) is 2.42. The molecule has 0 radical (unpaired) electrons. The Labute approximate surface area is 109 Å². The van der Waals surface area contributed by atoms with Crippen LogP contribution in [0, 0.1) is 12.8 Å². The van der Waals surface area contributed by atoms with Crippen LogP contribution >= 0.6 is 0 Å². The summed E-state index contributed by atoms with van der Waals surface area (Å²) in [4.78, 5) is 11.8. The lowest BCUT2D eigenvalue weighted by Gasteiger charge is -2.10. The van der Waals surface area contributed by atoms with Crippen molar-refractivity contribution < 1.29 is 4.79 Å². The summed E-state index contributed by atoms with van der Waals surface area (Å²) >= 11 is 0. The van der Waals surface area contributed by atoms with Crippen molar-refractivity contribution in [3.63, 3.8) is 0 Å². The van der Waals surface area contributed by atoms with E-state index in [-0.39, 0.29) is 5.91 Å². The molecule has 1 saturated heterocycles. The van der Waals surface area contributed by atoms with Crippen LogP contribution in [0.4, 0.5) is 0 Å². The summed E-state index contributed by atoms with van der Waals surface area (Å²) in [6.07, 6.45) is 2.83. The summed E-state index contributed by atoms with van der Waals surface area (Å²) in [5.41, 5.74) is 2.31. The van der Waals surface area contributed by atoms with Crippen molar-refractivity contribution in [2.24, 2.45) is 5.92 Å². The Morgan fingerprint density at radius 3 is 3.00 bits per heavy atom. The Kier molecular flexibility index (Phi) is 4.76. The van der Waals surface area contributed by atoms with Gasteiger partial charge >= 0.3 is 0 Å². The molecule has 1 fully saturated rings. The van der Waals surface area contributed by atoms with Crippen molar-refractivity contribution in [2.45, 2.75) is 26.2 Å². The fourth-order valence-corrected chi connectivity index (χ4v) is 2.42. The molecule has 1 aliphatic heterocycles. The Hall–Kier alpha value is -1.35. The molecule has 3 nitrogen and oxygen atoms in total. The summed E-state index contributed by atoms with van der Waals surface area (Å²) < 4.78 is 0. The van der Waals surface area contributed by atoms with E-state index >= 15 is 0 Å². The Bertz CT molecular complexity index is 397. The van der Waals surface area contributed by atoms with Gasteiger partial charge in [0.25, 0.3) is 0 Å². The highest BCUT2D eigenvalue weighted by molar-refractivity contribution is 5.78. The van der Waals surface area contributed by atoms with Gasteiger partial charge in [-0.25, -0.2) is 0 Å². The molecule has 1 aromatic carbocycles. The van der Waals surface area contributed by atoms with E-state index in [1.807, 2.05) is 31.2 Å². The van der Waals surface area contributed by atoms with E-state index in [0.717, 1.165) is 37.5 Å². The van der Waals surface area contributed by atoms with Crippen LogP contribution in [-0.4, -0.2) is 25.5 Å². The first-order valence-corrected chi connectivity index (χ1v) is 6.77. The summed E-state index contributed by atoms with van der Waals surface area (Å²) in [6, 6.07) is 8.06. The van der Waals surface area contributed by atoms with Crippen molar-refractivity contribution in [1.29, 1.82) is 0 Å². The molecular weight excluding hydrogens is 224 g/mol. The van der Waals surface area contributed by atoms with Crippen molar-refractivity contribution in [1.82, 2.24) is 10.6 Å². The van der Waals surface area contributed by atoms with Gasteiger partial charge in [-0.05, 0) is 49.9 Å². The SMILES string of the molecule is Cc1ccccc1CC(=O)NCC[C@H]1CCNC1. The van der Waals surface area contributed by atoms with E-state index in [2.05, 4.69) is 10.6 Å². The van der Waals surface area contributed by atoms with E-state index in [4.69, 9.17) is 0 Å². The van der Waals surface area contributed by atoms with Crippen LogP contribution in [0.5, 0.6) is 0 Å².